The number of rotatable bonds is 11. The molecule has 1 aromatic heterocycles. The van der Waals surface area contributed by atoms with Crippen molar-refractivity contribution in [3.05, 3.63) is 18.2 Å². The number of hydrogen-bond acceptors (Lipinski definition) is 1. The van der Waals surface area contributed by atoms with Crippen LogP contribution in [0, 0.1) is 0 Å². The van der Waals surface area contributed by atoms with Crippen LogP contribution in [0.1, 0.15) is 77.5 Å². The van der Waals surface area contributed by atoms with Gasteiger partial charge in [-0.3, -0.25) is 0 Å². The predicted octanol–water partition coefficient (Wildman–Crippen LogP) is 4.98. The van der Waals surface area contributed by atoms with Crippen LogP contribution in [0.4, 0.5) is 0 Å². The van der Waals surface area contributed by atoms with Crippen LogP contribution >= 0.6 is 0 Å². The lowest BCUT2D eigenvalue weighted by atomic mass is 10.1. The van der Waals surface area contributed by atoms with Crippen LogP contribution in [-0.4, -0.2) is 9.55 Å². The Hall–Kier alpha value is -0.790. The van der Waals surface area contributed by atoms with Gasteiger partial charge < -0.3 is 4.57 Å². The van der Waals surface area contributed by atoms with Crippen molar-refractivity contribution < 1.29 is 0 Å². The van der Waals surface area contributed by atoms with Gasteiger partial charge in [-0.2, -0.15) is 0 Å². The Labute approximate surface area is 113 Å². The van der Waals surface area contributed by atoms with Gasteiger partial charge in [-0.25, -0.2) is 4.98 Å². The average molecular weight is 250 g/mol. The molecule has 0 aliphatic carbocycles. The molecule has 1 rings (SSSR count). The maximum absolute atomic E-state index is 4.42. The quantitative estimate of drug-likeness (QED) is 0.507. The molecule has 0 fully saturated rings. The molecular formula is C16H30N2. The number of aryl methyl sites for hydroxylation is 2. The molecule has 104 valence electrons. The SMILES string of the molecule is CCCCCCCCCCn1ccnc1CCC. The van der Waals surface area contributed by atoms with E-state index in [2.05, 4.69) is 29.6 Å². The summed E-state index contributed by atoms with van der Waals surface area (Å²) in [4.78, 5) is 4.42. The Bertz CT molecular complexity index is 291. The Morgan fingerprint density at radius 1 is 0.889 bits per heavy atom. The van der Waals surface area contributed by atoms with E-state index in [1.165, 1.54) is 63.6 Å². The number of unbranched alkanes of at least 4 members (excludes halogenated alkanes) is 7. The van der Waals surface area contributed by atoms with Gasteiger partial charge in [0, 0.05) is 25.4 Å². The highest BCUT2D eigenvalue weighted by molar-refractivity contribution is 4.92. The predicted molar refractivity (Wildman–Crippen MR) is 78.8 cm³/mol. The highest BCUT2D eigenvalue weighted by Crippen LogP contribution is 2.10. The van der Waals surface area contributed by atoms with E-state index in [4.69, 9.17) is 0 Å². The minimum atomic E-state index is 1.12. The van der Waals surface area contributed by atoms with Crippen LogP contribution in [0.3, 0.4) is 0 Å². The van der Waals surface area contributed by atoms with E-state index in [0.29, 0.717) is 0 Å². The molecule has 18 heavy (non-hydrogen) atoms. The zero-order valence-corrected chi connectivity index (χ0v) is 12.3. The van der Waals surface area contributed by atoms with Crippen molar-refractivity contribution in [2.45, 2.75) is 84.6 Å². The number of imidazole rings is 1. The minimum absolute atomic E-state index is 1.12. The van der Waals surface area contributed by atoms with Gasteiger partial charge in [0.2, 0.25) is 0 Å². The normalized spacial score (nSPS) is 11.0. The van der Waals surface area contributed by atoms with Gasteiger partial charge in [-0.15, -0.1) is 0 Å². The molecule has 0 amide bonds. The van der Waals surface area contributed by atoms with Crippen molar-refractivity contribution in [3.8, 4) is 0 Å². The van der Waals surface area contributed by atoms with Crippen LogP contribution in [0.15, 0.2) is 12.4 Å². The van der Waals surface area contributed by atoms with Crippen molar-refractivity contribution in [3.63, 3.8) is 0 Å². The first kappa shape index (κ1) is 15.3. The summed E-state index contributed by atoms with van der Waals surface area (Å²) in [6.45, 7) is 5.65. The summed E-state index contributed by atoms with van der Waals surface area (Å²) in [7, 11) is 0. The van der Waals surface area contributed by atoms with Crippen LogP contribution < -0.4 is 0 Å². The maximum atomic E-state index is 4.42. The number of nitrogens with zero attached hydrogens (tertiary/aromatic N) is 2. The van der Waals surface area contributed by atoms with Gasteiger partial charge in [0.05, 0.1) is 0 Å². The molecule has 0 aliphatic rings. The number of aromatic nitrogens is 2. The van der Waals surface area contributed by atoms with Gasteiger partial charge in [0.15, 0.2) is 0 Å². The van der Waals surface area contributed by atoms with E-state index in [1.54, 1.807) is 0 Å². The standard InChI is InChI=1S/C16H30N2/c1-3-5-6-7-8-9-10-11-14-18-15-13-17-16(18)12-4-2/h13,15H,3-12,14H2,1-2H3. The van der Waals surface area contributed by atoms with Crippen LogP contribution in [-0.2, 0) is 13.0 Å². The minimum Gasteiger partial charge on any atom is -0.335 e. The largest absolute Gasteiger partial charge is 0.335 e. The van der Waals surface area contributed by atoms with Crippen molar-refractivity contribution in [1.29, 1.82) is 0 Å². The smallest absolute Gasteiger partial charge is 0.108 e. The molecule has 2 heteroatoms. The zero-order valence-electron chi connectivity index (χ0n) is 12.3. The lowest BCUT2D eigenvalue weighted by molar-refractivity contribution is 0.534. The molecule has 1 heterocycles. The summed E-state index contributed by atoms with van der Waals surface area (Å²) >= 11 is 0. The Morgan fingerprint density at radius 3 is 2.22 bits per heavy atom. The lowest BCUT2D eigenvalue weighted by Crippen LogP contribution is -2.03. The Morgan fingerprint density at radius 2 is 1.56 bits per heavy atom. The maximum Gasteiger partial charge on any atom is 0.108 e. The van der Waals surface area contributed by atoms with Crippen molar-refractivity contribution in [1.82, 2.24) is 9.55 Å². The van der Waals surface area contributed by atoms with Crippen LogP contribution in [0.5, 0.6) is 0 Å². The Kier molecular flexibility index (Phi) is 8.62. The lowest BCUT2D eigenvalue weighted by Gasteiger charge is -2.07. The van der Waals surface area contributed by atoms with Crippen LogP contribution in [0.2, 0.25) is 0 Å². The van der Waals surface area contributed by atoms with E-state index in [1.807, 2.05) is 6.20 Å². The molecule has 0 saturated carbocycles. The monoisotopic (exact) mass is 250 g/mol. The van der Waals surface area contributed by atoms with Gasteiger partial charge in [-0.05, 0) is 12.8 Å². The highest BCUT2D eigenvalue weighted by atomic mass is 15.1. The second-order valence-electron chi connectivity index (χ2n) is 5.26. The van der Waals surface area contributed by atoms with Gasteiger partial charge in [0.1, 0.15) is 5.82 Å². The van der Waals surface area contributed by atoms with E-state index >= 15 is 0 Å². The third kappa shape index (κ3) is 6.23. The molecule has 0 aliphatic heterocycles. The summed E-state index contributed by atoms with van der Waals surface area (Å²) in [6.07, 6.45) is 17.5. The molecule has 2 nitrogen and oxygen atoms in total. The summed E-state index contributed by atoms with van der Waals surface area (Å²) in [5.41, 5.74) is 0. The second kappa shape index (κ2) is 10.2. The summed E-state index contributed by atoms with van der Waals surface area (Å²) in [5.74, 6) is 1.26. The third-order valence-electron chi connectivity index (χ3n) is 3.53. The molecule has 0 radical (unpaired) electrons. The van der Waals surface area contributed by atoms with E-state index in [-0.39, 0.29) is 0 Å². The average Bonchev–Trinajstić information content (AvgIpc) is 2.81. The topological polar surface area (TPSA) is 17.8 Å². The molecule has 0 atom stereocenters. The van der Waals surface area contributed by atoms with Crippen LogP contribution in [0.25, 0.3) is 0 Å². The fourth-order valence-corrected chi connectivity index (χ4v) is 2.41. The molecule has 0 saturated heterocycles. The van der Waals surface area contributed by atoms with Gasteiger partial charge >= 0.3 is 0 Å². The highest BCUT2D eigenvalue weighted by Gasteiger charge is 2.00. The van der Waals surface area contributed by atoms with Gasteiger partial charge in [0.25, 0.3) is 0 Å². The summed E-state index contributed by atoms with van der Waals surface area (Å²) in [5, 5.41) is 0. The van der Waals surface area contributed by atoms with E-state index < -0.39 is 0 Å². The van der Waals surface area contributed by atoms with E-state index in [0.717, 1.165) is 13.0 Å². The van der Waals surface area contributed by atoms with Gasteiger partial charge in [-0.1, -0.05) is 58.8 Å². The molecule has 0 unspecified atom stereocenters. The van der Waals surface area contributed by atoms with Crippen molar-refractivity contribution in [2.75, 3.05) is 0 Å². The summed E-state index contributed by atoms with van der Waals surface area (Å²) in [6, 6.07) is 0. The fourth-order valence-electron chi connectivity index (χ4n) is 2.41. The molecule has 0 N–H and O–H groups in total. The fraction of sp³-hybridized carbons (Fsp3) is 0.812. The second-order valence-corrected chi connectivity index (χ2v) is 5.26. The molecule has 0 spiro atoms. The molecule has 0 bridgehead atoms. The molecule has 1 aromatic rings. The summed E-state index contributed by atoms with van der Waals surface area (Å²) < 4.78 is 2.33. The first-order valence-electron chi connectivity index (χ1n) is 7.88. The first-order valence-corrected chi connectivity index (χ1v) is 7.88. The first-order chi connectivity index (χ1) is 8.88. The van der Waals surface area contributed by atoms with Crippen molar-refractivity contribution >= 4 is 0 Å². The van der Waals surface area contributed by atoms with Crippen molar-refractivity contribution in [2.24, 2.45) is 0 Å². The molecule has 0 aromatic carbocycles. The molecular weight excluding hydrogens is 220 g/mol. The number of hydrogen-bond donors (Lipinski definition) is 0. The van der Waals surface area contributed by atoms with E-state index in [9.17, 15) is 0 Å². The third-order valence-corrected chi connectivity index (χ3v) is 3.53. The Balaban J connectivity index is 2.01. The zero-order chi connectivity index (χ0) is 13.1.